The second kappa shape index (κ2) is 7.06. The van der Waals surface area contributed by atoms with Gasteiger partial charge in [-0.2, -0.15) is 0 Å². The van der Waals surface area contributed by atoms with Gasteiger partial charge in [0.1, 0.15) is 0 Å². The van der Waals surface area contributed by atoms with Crippen molar-refractivity contribution in [1.82, 2.24) is 4.90 Å². The summed E-state index contributed by atoms with van der Waals surface area (Å²) in [6.07, 6.45) is 2.13. The van der Waals surface area contributed by atoms with Gasteiger partial charge in [0, 0.05) is 11.6 Å². The van der Waals surface area contributed by atoms with Gasteiger partial charge in [0.15, 0.2) is 0 Å². The molecule has 2 heteroatoms. The van der Waals surface area contributed by atoms with Crippen LogP contribution < -0.4 is 5.73 Å². The smallest absolute Gasteiger partial charge is 0.0479 e. The molecule has 2 unspecified atom stereocenters. The second-order valence-electron chi connectivity index (χ2n) is 5.46. The van der Waals surface area contributed by atoms with Crippen LogP contribution in [-0.2, 0) is 6.42 Å². The van der Waals surface area contributed by atoms with E-state index in [9.17, 15) is 0 Å². The van der Waals surface area contributed by atoms with E-state index in [2.05, 4.69) is 63.8 Å². The lowest BCUT2D eigenvalue weighted by molar-refractivity contribution is 0.0844. The summed E-state index contributed by atoms with van der Waals surface area (Å²) in [6, 6.07) is 8.80. The molecule has 0 fully saturated rings. The first kappa shape index (κ1) is 16.2. The highest BCUT2D eigenvalue weighted by Crippen LogP contribution is 2.32. The van der Waals surface area contributed by atoms with E-state index in [0.29, 0.717) is 0 Å². The van der Waals surface area contributed by atoms with Crippen LogP contribution in [0.25, 0.3) is 0 Å². The molecule has 0 radical (unpaired) electrons. The van der Waals surface area contributed by atoms with Crippen molar-refractivity contribution in [2.75, 3.05) is 13.1 Å². The molecule has 108 valence electrons. The Morgan fingerprint density at radius 3 is 2.26 bits per heavy atom. The van der Waals surface area contributed by atoms with Crippen LogP contribution in [0.2, 0.25) is 0 Å². The number of aryl methyl sites for hydroxylation is 1. The van der Waals surface area contributed by atoms with Crippen LogP contribution in [0.3, 0.4) is 0 Å². The van der Waals surface area contributed by atoms with Crippen LogP contribution in [0.5, 0.6) is 0 Å². The van der Waals surface area contributed by atoms with E-state index in [1.807, 2.05) is 0 Å². The van der Waals surface area contributed by atoms with E-state index in [4.69, 9.17) is 5.73 Å². The van der Waals surface area contributed by atoms with Gasteiger partial charge < -0.3 is 5.73 Å². The Balaban J connectivity index is 3.09. The fourth-order valence-electron chi connectivity index (χ4n) is 2.95. The maximum atomic E-state index is 6.62. The predicted molar refractivity (Wildman–Crippen MR) is 84.4 cm³/mol. The lowest BCUT2D eigenvalue weighted by Gasteiger charge is -2.44. The zero-order valence-electron chi connectivity index (χ0n) is 13.2. The average Bonchev–Trinajstić information content (AvgIpc) is 2.47. The van der Waals surface area contributed by atoms with Crippen LogP contribution in [-0.4, -0.2) is 23.5 Å². The van der Waals surface area contributed by atoms with Crippen molar-refractivity contribution in [3.63, 3.8) is 0 Å². The first-order valence-corrected chi connectivity index (χ1v) is 7.62. The number of benzene rings is 1. The molecule has 0 saturated carbocycles. The molecule has 0 amide bonds. The highest BCUT2D eigenvalue weighted by atomic mass is 15.2. The largest absolute Gasteiger partial charge is 0.322 e. The highest BCUT2D eigenvalue weighted by molar-refractivity contribution is 5.28. The van der Waals surface area contributed by atoms with Crippen LogP contribution in [0, 0.1) is 0 Å². The van der Waals surface area contributed by atoms with Crippen molar-refractivity contribution in [2.45, 2.75) is 59.0 Å². The number of hydrogen-bond acceptors (Lipinski definition) is 2. The van der Waals surface area contributed by atoms with Gasteiger partial charge in [-0.1, -0.05) is 52.0 Å². The molecular weight excluding hydrogens is 232 g/mol. The number of nitrogens with zero attached hydrogens (tertiary/aromatic N) is 1. The van der Waals surface area contributed by atoms with Crippen LogP contribution in [0.1, 0.15) is 58.2 Å². The van der Waals surface area contributed by atoms with E-state index in [1.54, 1.807) is 0 Å². The average molecular weight is 262 g/mol. The van der Waals surface area contributed by atoms with E-state index in [1.165, 1.54) is 11.1 Å². The fraction of sp³-hybridized carbons (Fsp3) is 0.647. The van der Waals surface area contributed by atoms with Gasteiger partial charge in [-0.25, -0.2) is 0 Å². The summed E-state index contributed by atoms with van der Waals surface area (Å²) in [6.45, 7) is 13.2. The van der Waals surface area contributed by atoms with Gasteiger partial charge in [0.25, 0.3) is 0 Å². The summed E-state index contributed by atoms with van der Waals surface area (Å²) in [7, 11) is 0. The third-order valence-corrected chi connectivity index (χ3v) is 4.59. The summed E-state index contributed by atoms with van der Waals surface area (Å²) < 4.78 is 0. The molecular formula is C17H30N2. The number of hydrogen-bond donors (Lipinski definition) is 1. The van der Waals surface area contributed by atoms with Gasteiger partial charge in [-0.05, 0) is 44.0 Å². The first-order valence-electron chi connectivity index (χ1n) is 7.62. The minimum Gasteiger partial charge on any atom is -0.322 e. The highest BCUT2D eigenvalue weighted by Gasteiger charge is 2.35. The predicted octanol–water partition coefficient (Wildman–Crippen LogP) is 3.76. The van der Waals surface area contributed by atoms with Crippen LogP contribution in [0.4, 0.5) is 0 Å². The first-order chi connectivity index (χ1) is 9.03. The topological polar surface area (TPSA) is 29.3 Å². The molecule has 0 bridgehead atoms. The molecule has 2 atom stereocenters. The maximum absolute atomic E-state index is 6.62. The zero-order chi connectivity index (χ0) is 14.5. The molecule has 1 aromatic rings. The van der Waals surface area contributed by atoms with E-state index < -0.39 is 0 Å². The van der Waals surface area contributed by atoms with Gasteiger partial charge >= 0.3 is 0 Å². The van der Waals surface area contributed by atoms with E-state index in [-0.39, 0.29) is 11.6 Å². The van der Waals surface area contributed by atoms with Gasteiger partial charge in [0.2, 0.25) is 0 Å². The molecule has 0 aromatic heterocycles. The van der Waals surface area contributed by atoms with Gasteiger partial charge in [0.05, 0.1) is 0 Å². The van der Waals surface area contributed by atoms with Gasteiger partial charge in [-0.15, -0.1) is 0 Å². The maximum Gasteiger partial charge on any atom is 0.0479 e. The second-order valence-corrected chi connectivity index (χ2v) is 5.46. The normalized spacial score (nSPS) is 16.4. The monoisotopic (exact) mass is 262 g/mol. The molecule has 1 aromatic carbocycles. The minimum atomic E-state index is 0.0237. The summed E-state index contributed by atoms with van der Waals surface area (Å²) >= 11 is 0. The van der Waals surface area contributed by atoms with Crippen molar-refractivity contribution in [1.29, 1.82) is 0 Å². The minimum absolute atomic E-state index is 0.0237. The van der Waals surface area contributed by atoms with Crippen molar-refractivity contribution in [3.05, 3.63) is 35.4 Å². The van der Waals surface area contributed by atoms with Crippen LogP contribution >= 0.6 is 0 Å². The Hall–Kier alpha value is -0.860. The summed E-state index contributed by atoms with van der Waals surface area (Å²) in [5.41, 5.74) is 9.27. The van der Waals surface area contributed by atoms with Crippen LogP contribution in [0.15, 0.2) is 24.3 Å². The van der Waals surface area contributed by atoms with Crippen molar-refractivity contribution >= 4 is 0 Å². The summed E-state index contributed by atoms with van der Waals surface area (Å²) in [4.78, 5) is 2.48. The third kappa shape index (κ3) is 3.37. The SMILES string of the molecule is CCc1cccc(C(N)C(C)(CC)N(CC)CC)c1. The molecule has 2 nitrogen and oxygen atoms in total. The summed E-state index contributed by atoms with van der Waals surface area (Å²) in [5.74, 6) is 0. The lowest BCUT2D eigenvalue weighted by atomic mass is 9.83. The third-order valence-electron chi connectivity index (χ3n) is 4.59. The van der Waals surface area contributed by atoms with Crippen molar-refractivity contribution < 1.29 is 0 Å². The molecule has 2 N–H and O–H groups in total. The lowest BCUT2D eigenvalue weighted by Crippen LogP contribution is -2.53. The molecule has 0 aliphatic carbocycles. The molecule has 0 spiro atoms. The Labute approximate surface area is 119 Å². The van der Waals surface area contributed by atoms with Gasteiger partial charge in [-0.3, -0.25) is 4.90 Å². The number of likely N-dealkylation sites (N-methyl/N-ethyl adjacent to an activating group) is 1. The molecule has 0 aliphatic rings. The molecule has 19 heavy (non-hydrogen) atoms. The molecule has 0 aliphatic heterocycles. The Morgan fingerprint density at radius 2 is 1.79 bits per heavy atom. The molecule has 0 heterocycles. The zero-order valence-corrected chi connectivity index (χ0v) is 13.2. The van der Waals surface area contributed by atoms with Crippen molar-refractivity contribution in [2.24, 2.45) is 5.73 Å². The van der Waals surface area contributed by atoms with E-state index in [0.717, 1.165) is 25.9 Å². The number of rotatable bonds is 7. The quantitative estimate of drug-likeness (QED) is 0.810. The van der Waals surface area contributed by atoms with E-state index >= 15 is 0 Å². The molecule has 1 rings (SSSR count). The van der Waals surface area contributed by atoms with Crippen molar-refractivity contribution in [3.8, 4) is 0 Å². The summed E-state index contributed by atoms with van der Waals surface area (Å²) in [5, 5.41) is 0. The number of nitrogens with two attached hydrogens (primary N) is 1. The Bertz CT molecular complexity index is 385. The molecule has 0 saturated heterocycles. The Kier molecular flexibility index (Phi) is 6.02. The standard InChI is InChI=1S/C17H30N2/c1-6-14-11-10-12-15(13-14)16(18)17(5,7-2)19(8-3)9-4/h10-13,16H,6-9,18H2,1-5H3. The fourth-order valence-corrected chi connectivity index (χ4v) is 2.95. The Morgan fingerprint density at radius 1 is 1.16 bits per heavy atom.